The van der Waals surface area contributed by atoms with Crippen molar-refractivity contribution in [1.29, 1.82) is 0 Å². The van der Waals surface area contributed by atoms with Crippen molar-refractivity contribution in [2.24, 2.45) is 11.7 Å². The van der Waals surface area contributed by atoms with Crippen molar-refractivity contribution in [2.75, 3.05) is 5.32 Å². The molecule has 29 heavy (non-hydrogen) atoms. The van der Waals surface area contributed by atoms with Crippen molar-refractivity contribution in [3.05, 3.63) is 58.9 Å². The number of rotatable bonds is 2. The molecule has 156 valence electrons. The fourth-order valence-corrected chi connectivity index (χ4v) is 3.75. The van der Waals surface area contributed by atoms with Gasteiger partial charge in [0.25, 0.3) is 0 Å². The first-order valence-electron chi connectivity index (χ1n) is 9.12. The Morgan fingerprint density at radius 1 is 1.21 bits per heavy atom. The monoisotopic (exact) mass is 413 g/mol. The Morgan fingerprint density at radius 2 is 1.93 bits per heavy atom. The molecule has 0 bridgehead atoms. The van der Waals surface area contributed by atoms with E-state index in [4.69, 9.17) is 5.73 Å². The number of carbonyl (C=O) groups is 1. The molecule has 1 aliphatic carbocycles. The molecule has 1 aliphatic rings. The molecule has 1 heterocycles. The van der Waals surface area contributed by atoms with E-state index < -0.39 is 41.4 Å². The number of aromatic nitrogens is 1. The number of amides is 1. The molecule has 0 fully saturated rings. The average Bonchev–Trinajstić information content (AvgIpc) is 2.62. The second-order valence-corrected chi connectivity index (χ2v) is 7.38. The van der Waals surface area contributed by atoms with Gasteiger partial charge in [-0.3, -0.25) is 4.79 Å². The quantitative estimate of drug-likeness (QED) is 0.567. The minimum atomic E-state index is -4.68. The van der Waals surface area contributed by atoms with Crippen molar-refractivity contribution < 1.29 is 26.7 Å². The number of fused-ring (bicyclic) bond motifs is 1. The Bertz CT molecular complexity index is 915. The normalized spacial score (nSPS) is 22.4. The number of pyridine rings is 1. The predicted molar refractivity (Wildman–Crippen MR) is 97.0 cm³/mol. The molecule has 0 saturated carbocycles. The number of benzene rings is 1. The minimum absolute atomic E-state index is 0.178. The van der Waals surface area contributed by atoms with Crippen molar-refractivity contribution in [3.8, 4) is 0 Å². The number of nitrogens with zero attached hydrogens (tertiary/aromatic N) is 1. The molecular formula is C20H20F5N3O. The first-order valence-corrected chi connectivity index (χ1v) is 9.12. The van der Waals surface area contributed by atoms with Crippen LogP contribution in [0.4, 0.5) is 27.6 Å². The molecule has 1 amide bonds. The zero-order valence-electron chi connectivity index (χ0n) is 15.6. The van der Waals surface area contributed by atoms with Gasteiger partial charge in [-0.2, -0.15) is 17.6 Å². The van der Waals surface area contributed by atoms with Crippen LogP contribution in [0.1, 0.15) is 42.4 Å². The van der Waals surface area contributed by atoms with Gasteiger partial charge in [-0.15, -0.1) is 0 Å². The topological polar surface area (TPSA) is 68.0 Å². The van der Waals surface area contributed by atoms with Crippen molar-refractivity contribution in [2.45, 2.75) is 44.3 Å². The maximum atomic E-state index is 14.1. The Labute approximate surface area is 164 Å². The van der Waals surface area contributed by atoms with E-state index >= 15 is 0 Å². The summed E-state index contributed by atoms with van der Waals surface area (Å²) in [5.74, 6) is -3.08. The van der Waals surface area contributed by atoms with Gasteiger partial charge < -0.3 is 11.1 Å². The van der Waals surface area contributed by atoms with Crippen LogP contribution in [0.3, 0.4) is 0 Å². The molecule has 3 atom stereocenters. The van der Waals surface area contributed by atoms with E-state index in [2.05, 4.69) is 10.3 Å². The van der Waals surface area contributed by atoms with Crippen LogP contribution >= 0.6 is 0 Å². The highest BCUT2D eigenvalue weighted by Crippen LogP contribution is 2.34. The van der Waals surface area contributed by atoms with E-state index in [0.717, 1.165) is 6.07 Å². The van der Waals surface area contributed by atoms with Gasteiger partial charge >= 0.3 is 6.18 Å². The van der Waals surface area contributed by atoms with Crippen LogP contribution < -0.4 is 11.1 Å². The maximum absolute atomic E-state index is 14.1. The molecule has 0 radical (unpaired) electrons. The Balaban J connectivity index is 1.79. The number of nitrogens with one attached hydrogen (secondary N) is 1. The van der Waals surface area contributed by atoms with Crippen LogP contribution in [-0.4, -0.2) is 16.9 Å². The molecule has 1 aromatic heterocycles. The van der Waals surface area contributed by atoms with E-state index in [0.29, 0.717) is 29.7 Å². The van der Waals surface area contributed by atoms with E-state index in [1.807, 2.05) is 6.92 Å². The number of hydrogen-bond donors (Lipinski definition) is 2. The third-order valence-corrected chi connectivity index (χ3v) is 5.19. The molecular weight excluding hydrogens is 393 g/mol. The SMILES string of the molecule is C[C@@H]1CC(C(=O)Nc2ccc(C(F)(F)F)cc2F)C[C@H](N)Cc2c1ccnc2F. The molecule has 3 N–H and O–H groups in total. The molecule has 4 nitrogen and oxygen atoms in total. The lowest BCUT2D eigenvalue weighted by Gasteiger charge is -2.28. The third-order valence-electron chi connectivity index (χ3n) is 5.19. The average molecular weight is 413 g/mol. The van der Waals surface area contributed by atoms with Gasteiger partial charge in [-0.25, -0.2) is 9.37 Å². The maximum Gasteiger partial charge on any atom is 0.416 e. The van der Waals surface area contributed by atoms with Crippen molar-refractivity contribution in [3.63, 3.8) is 0 Å². The summed E-state index contributed by atoms with van der Waals surface area (Å²) in [6.45, 7) is 1.84. The van der Waals surface area contributed by atoms with Crippen LogP contribution in [-0.2, 0) is 17.4 Å². The second-order valence-electron chi connectivity index (χ2n) is 7.38. The molecule has 3 rings (SSSR count). The molecule has 0 spiro atoms. The fraction of sp³-hybridized carbons (Fsp3) is 0.400. The summed E-state index contributed by atoms with van der Waals surface area (Å²) >= 11 is 0. The van der Waals surface area contributed by atoms with E-state index in [-0.39, 0.29) is 24.4 Å². The smallest absolute Gasteiger partial charge is 0.327 e. The summed E-state index contributed by atoms with van der Waals surface area (Å²) in [5, 5.41) is 2.36. The summed E-state index contributed by atoms with van der Waals surface area (Å²) in [4.78, 5) is 16.3. The Hall–Kier alpha value is -2.55. The van der Waals surface area contributed by atoms with E-state index in [9.17, 15) is 26.7 Å². The lowest BCUT2D eigenvalue weighted by Crippen LogP contribution is -2.35. The third kappa shape index (κ3) is 4.72. The zero-order chi connectivity index (χ0) is 21.3. The van der Waals surface area contributed by atoms with Gasteiger partial charge in [-0.1, -0.05) is 6.92 Å². The van der Waals surface area contributed by atoms with Crippen LogP contribution in [0, 0.1) is 17.7 Å². The highest BCUT2D eigenvalue weighted by molar-refractivity contribution is 5.92. The molecule has 9 heteroatoms. The van der Waals surface area contributed by atoms with Gasteiger partial charge in [-0.05, 0) is 55.0 Å². The first-order chi connectivity index (χ1) is 13.6. The number of anilines is 1. The largest absolute Gasteiger partial charge is 0.416 e. The molecule has 1 aromatic carbocycles. The molecule has 1 unspecified atom stereocenters. The fourth-order valence-electron chi connectivity index (χ4n) is 3.75. The summed E-state index contributed by atoms with van der Waals surface area (Å²) in [6, 6.07) is 3.10. The highest BCUT2D eigenvalue weighted by Gasteiger charge is 2.32. The summed E-state index contributed by atoms with van der Waals surface area (Å²) in [6.07, 6.45) is -2.56. The number of carbonyl (C=O) groups excluding carboxylic acids is 1. The minimum Gasteiger partial charge on any atom is -0.327 e. The number of nitrogens with two attached hydrogens (primary N) is 1. The first kappa shape index (κ1) is 21.2. The Morgan fingerprint density at radius 3 is 2.59 bits per heavy atom. The van der Waals surface area contributed by atoms with Crippen molar-refractivity contribution >= 4 is 11.6 Å². The lowest BCUT2D eigenvalue weighted by molar-refractivity contribution is -0.137. The van der Waals surface area contributed by atoms with E-state index in [1.54, 1.807) is 6.07 Å². The van der Waals surface area contributed by atoms with Crippen LogP contribution in [0.2, 0.25) is 0 Å². The summed E-state index contributed by atoms with van der Waals surface area (Å²) < 4.78 is 66.1. The van der Waals surface area contributed by atoms with Gasteiger partial charge in [0.05, 0.1) is 11.3 Å². The summed E-state index contributed by atoms with van der Waals surface area (Å²) in [5.41, 5.74) is 5.76. The number of hydrogen-bond acceptors (Lipinski definition) is 3. The lowest BCUT2D eigenvalue weighted by atomic mass is 9.80. The summed E-state index contributed by atoms with van der Waals surface area (Å²) in [7, 11) is 0. The van der Waals surface area contributed by atoms with Crippen LogP contribution in [0.5, 0.6) is 0 Å². The highest BCUT2D eigenvalue weighted by atomic mass is 19.4. The molecule has 0 aliphatic heterocycles. The van der Waals surface area contributed by atoms with Gasteiger partial charge in [0.1, 0.15) is 5.82 Å². The van der Waals surface area contributed by atoms with Crippen LogP contribution in [0.25, 0.3) is 0 Å². The molecule has 0 saturated heterocycles. The zero-order valence-corrected chi connectivity index (χ0v) is 15.6. The van der Waals surface area contributed by atoms with Gasteiger partial charge in [0.2, 0.25) is 11.9 Å². The van der Waals surface area contributed by atoms with Gasteiger partial charge in [0, 0.05) is 23.7 Å². The van der Waals surface area contributed by atoms with E-state index in [1.165, 1.54) is 6.20 Å². The second kappa shape index (κ2) is 8.06. The number of halogens is 5. The van der Waals surface area contributed by atoms with Crippen LogP contribution in [0.15, 0.2) is 30.5 Å². The van der Waals surface area contributed by atoms with Gasteiger partial charge in [0.15, 0.2) is 0 Å². The Kier molecular flexibility index (Phi) is 5.88. The standard InChI is InChI=1S/C20H20F5N3O/c1-10-6-11(7-13(26)9-15-14(10)4-5-27-18(15)22)19(29)28-17-3-2-12(8-16(17)21)20(23,24)25/h2-5,8,10-11,13H,6-7,9,26H2,1H3,(H,28,29)/t10-,11?,13+/m1/s1. The predicted octanol–water partition coefficient (Wildman–Crippen LogP) is 4.40. The number of alkyl halides is 3. The van der Waals surface area contributed by atoms with Crippen molar-refractivity contribution in [1.82, 2.24) is 4.98 Å². The molecule has 2 aromatic rings.